The molecule has 13 nitrogen and oxygen atoms in total. The first-order valence-corrected chi connectivity index (χ1v) is 14.0. The van der Waals surface area contributed by atoms with E-state index in [0.29, 0.717) is 37.2 Å². The number of nitrogens with zero attached hydrogens (tertiary/aromatic N) is 1. The summed E-state index contributed by atoms with van der Waals surface area (Å²) in [5.74, 6) is -0.161. The molecular formula is C25H37N7O6S. The van der Waals surface area contributed by atoms with Crippen molar-refractivity contribution in [3.63, 3.8) is 0 Å². The van der Waals surface area contributed by atoms with Crippen LogP contribution in [0, 0.1) is 5.92 Å². The normalized spacial score (nSPS) is 14.2. The third kappa shape index (κ3) is 11.7. The van der Waals surface area contributed by atoms with Gasteiger partial charge < -0.3 is 16.4 Å². The highest BCUT2D eigenvalue weighted by Crippen LogP contribution is 2.13. The van der Waals surface area contributed by atoms with Crippen LogP contribution < -0.4 is 32.6 Å². The van der Waals surface area contributed by atoms with Crippen LogP contribution in [0.1, 0.15) is 51.5 Å². The molecule has 39 heavy (non-hydrogen) atoms. The summed E-state index contributed by atoms with van der Waals surface area (Å²) in [7, 11) is -4.37. The van der Waals surface area contributed by atoms with Gasteiger partial charge in [-0.25, -0.2) is 0 Å². The van der Waals surface area contributed by atoms with Crippen molar-refractivity contribution in [1.82, 2.24) is 26.9 Å². The van der Waals surface area contributed by atoms with Gasteiger partial charge in [-0.2, -0.15) is 13.5 Å². The molecule has 3 amide bonds. The van der Waals surface area contributed by atoms with Crippen LogP contribution in [0.2, 0.25) is 0 Å². The van der Waals surface area contributed by atoms with Crippen molar-refractivity contribution in [2.45, 2.75) is 56.9 Å². The molecule has 0 radical (unpaired) electrons. The molecule has 0 saturated heterocycles. The SMILES string of the molecule is CC(C)C[C@@H](N)C(=O)NNC(=O)CCCCCNC(=O)C1=CC=C(N/N=C/c2ccccc2S(=O)(=O)O)NC1. The molecule has 214 valence electrons. The van der Waals surface area contributed by atoms with Gasteiger partial charge in [0, 0.05) is 30.6 Å². The molecule has 1 atom stereocenters. The minimum Gasteiger partial charge on any atom is -0.366 e. The molecule has 1 aliphatic rings. The van der Waals surface area contributed by atoms with Crippen LogP contribution in [0.5, 0.6) is 0 Å². The largest absolute Gasteiger partial charge is 0.366 e. The molecule has 2 rings (SSSR count). The smallest absolute Gasteiger partial charge is 0.295 e. The number of allylic oxidation sites excluding steroid dienone is 2. The average Bonchev–Trinajstić information content (AvgIpc) is 2.88. The van der Waals surface area contributed by atoms with Crippen molar-refractivity contribution in [3.8, 4) is 0 Å². The van der Waals surface area contributed by atoms with Crippen LogP contribution >= 0.6 is 0 Å². The van der Waals surface area contributed by atoms with E-state index in [1.54, 1.807) is 18.2 Å². The Hall–Kier alpha value is -3.75. The van der Waals surface area contributed by atoms with Crippen LogP contribution in [-0.2, 0) is 24.5 Å². The second kappa shape index (κ2) is 15.6. The number of rotatable bonds is 14. The predicted molar refractivity (Wildman–Crippen MR) is 146 cm³/mol. The Labute approximate surface area is 228 Å². The molecule has 14 heteroatoms. The van der Waals surface area contributed by atoms with Crippen molar-refractivity contribution in [3.05, 3.63) is 53.4 Å². The lowest BCUT2D eigenvalue weighted by Crippen LogP contribution is -2.49. The van der Waals surface area contributed by atoms with E-state index in [2.05, 4.69) is 32.0 Å². The number of dihydropyridines is 1. The quantitative estimate of drug-likeness (QED) is 0.0724. The monoisotopic (exact) mass is 563 g/mol. The Bertz CT molecular complexity index is 1210. The van der Waals surface area contributed by atoms with Crippen molar-refractivity contribution in [1.29, 1.82) is 0 Å². The predicted octanol–water partition coefficient (Wildman–Crippen LogP) is 0.425. The second-order valence-corrected chi connectivity index (χ2v) is 10.7. The number of hydrogen-bond donors (Lipinski definition) is 7. The van der Waals surface area contributed by atoms with E-state index in [1.807, 2.05) is 13.8 Å². The lowest BCUT2D eigenvalue weighted by atomic mass is 10.0. The topological polar surface area (TPSA) is 204 Å². The van der Waals surface area contributed by atoms with Gasteiger partial charge in [-0.3, -0.25) is 35.2 Å². The van der Waals surface area contributed by atoms with Crippen LogP contribution in [0.4, 0.5) is 0 Å². The number of unbranched alkanes of at least 4 members (excludes halogenated alkanes) is 2. The molecule has 1 heterocycles. The maximum absolute atomic E-state index is 12.4. The summed E-state index contributed by atoms with van der Waals surface area (Å²) < 4.78 is 32.1. The summed E-state index contributed by atoms with van der Waals surface area (Å²) in [4.78, 5) is 35.8. The molecule has 1 aromatic carbocycles. The molecule has 0 fully saturated rings. The first-order valence-electron chi connectivity index (χ1n) is 12.6. The number of benzene rings is 1. The van der Waals surface area contributed by atoms with Crippen LogP contribution in [-0.4, -0.2) is 56.0 Å². The Balaban J connectivity index is 1.65. The molecule has 0 spiro atoms. The molecule has 0 saturated carbocycles. The van der Waals surface area contributed by atoms with Gasteiger partial charge in [-0.15, -0.1) is 0 Å². The van der Waals surface area contributed by atoms with Crippen LogP contribution in [0.3, 0.4) is 0 Å². The van der Waals surface area contributed by atoms with E-state index in [0.717, 1.165) is 6.42 Å². The number of hydrazone groups is 1. The number of hydrogen-bond acceptors (Lipinski definition) is 9. The zero-order valence-corrected chi connectivity index (χ0v) is 22.9. The fourth-order valence-electron chi connectivity index (χ4n) is 3.52. The summed E-state index contributed by atoms with van der Waals surface area (Å²) in [6.45, 7) is 4.63. The average molecular weight is 564 g/mol. The molecule has 8 N–H and O–H groups in total. The van der Waals surface area contributed by atoms with Gasteiger partial charge in [0.1, 0.15) is 10.7 Å². The third-order valence-corrected chi connectivity index (χ3v) is 6.48. The molecule has 0 unspecified atom stereocenters. The maximum Gasteiger partial charge on any atom is 0.295 e. The summed E-state index contributed by atoms with van der Waals surface area (Å²) in [5, 5.41) is 9.80. The van der Waals surface area contributed by atoms with Gasteiger partial charge in [0.05, 0.1) is 12.3 Å². The molecular weight excluding hydrogens is 526 g/mol. The van der Waals surface area contributed by atoms with Gasteiger partial charge in [-0.1, -0.05) is 38.5 Å². The van der Waals surface area contributed by atoms with Gasteiger partial charge in [0.15, 0.2) is 0 Å². The first-order chi connectivity index (χ1) is 18.5. The zero-order chi connectivity index (χ0) is 28.8. The van der Waals surface area contributed by atoms with Crippen molar-refractivity contribution in [2.24, 2.45) is 16.8 Å². The standard InChI is InChI=1S/C25H37N7O6S/c1-17(2)14-20(26)25(35)32-31-23(33)10-4-3-7-13-27-24(34)19-11-12-22(28-15-19)30-29-16-18-8-5-6-9-21(18)39(36,37)38/h5-6,8-9,11-12,16-17,20,28,30H,3-4,7,10,13-15,26H2,1-2H3,(H,27,34)(H,31,33)(H,32,35)(H,36,37,38)/b29-16+/t20-/m1/s1. The van der Waals surface area contributed by atoms with Gasteiger partial charge in [-0.05, 0) is 43.4 Å². The van der Waals surface area contributed by atoms with Crippen molar-refractivity contribution < 1.29 is 27.4 Å². The summed E-state index contributed by atoms with van der Waals surface area (Å²) in [5.41, 5.74) is 13.9. The molecule has 0 bridgehead atoms. The van der Waals surface area contributed by atoms with E-state index >= 15 is 0 Å². The summed E-state index contributed by atoms with van der Waals surface area (Å²) in [6.07, 6.45) is 7.31. The Kier molecular flexibility index (Phi) is 12.6. The highest BCUT2D eigenvalue weighted by molar-refractivity contribution is 7.86. The van der Waals surface area contributed by atoms with E-state index < -0.39 is 22.1 Å². The first kappa shape index (κ1) is 31.5. The summed E-state index contributed by atoms with van der Waals surface area (Å²) in [6, 6.07) is 5.21. The number of hydrazine groups is 1. The van der Waals surface area contributed by atoms with Gasteiger partial charge in [0.25, 0.3) is 16.0 Å². The van der Waals surface area contributed by atoms with E-state index in [-0.39, 0.29) is 41.2 Å². The molecule has 1 aromatic rings. The van der Waals surface area contributed by atoms with E-state index in [1.165, 1.54) is 24.4 Å². The van der Waals surface area contributed by atoms with Gasteiger partial charge in [0.2, 0.25) is 11.8 Å². The number of nitrogens with two attached hydrogens (primary N) is 1. The lowest BCUT2D eigenvalue weighted by molar-refractivity contribution is -0.129. The Morgan fingerprint density at radius 3 is 2.54 bits per heavy atom. The Morgan fingerprint density at radius 2 is 1.87 bits per heavy atom. The minimum atomic E-state index is -4.37. The fraction of sp³-hybridized carbons (Fsp3) is 0.440. The minimum absolute atomic E-state index is 0.216. The number of carbonyl (C=O) groups is 3. The summed E-state index contributed by atoms with van der Waals surface area (Å²) >= 11 is 0. The number of amides is 3. The van der Waals surface area contributed by atoms with Gasteiger partial charge >= 0.3 is 0 Å². The van der Waals surface area contributed by atoms with E-state index in [9.17, 15) is 27.4 Å². The highest BCUT2D eigenvalue weighted by atomic mass is 32.2. The molecule has 0 aliphatic carbocycles. The number of nitrogens with one attached hydrogen (secondary N) is 5. The third-order valence-electron chi connectivity index (χ3n) is 5.55. The maximum atomic E-state index is 12.4. The van der Waals surface area contributed by atoms with Crippen LogP contribution in [0.25, 0.3) is 0 Å². The Morgan fingerprint density at radius 1 is 1.13 bits per heavy atom. The zero-order valence-electron chi connectivity index (χ0n) is 22.1. The van der Waals surface area contributed by atoms with Crippen LogP contribution in [0.15, 0.2) is 57.8 Å². The molecule has 0 aromatic heterocycles. The van der Waals surface area contributed by atoms with E-state index in [4.69, 9.17) is 5.73 Å². The molecule has 1 aliphatic heterocycles. The lowest BCUT2D eigenvalue weighted by Gasteiger charge is -2.16. The second-order valence-electron chi connectivity index (χ2n) is 9.35. The number of carbonyl (C=O) groups excluding carboxylic acids is 3. The van der Waals surface area contributed by atoms with Crippen molar-refractivity contribution in [2.75, 3.05) is 13.1 Å². The fourth-order valence-corrected chi connectivity index (χ4v) is 4.19. The highest BCUT2D eigenvalue weighted by Gasteiger charge is 2.16. The van der Waals surface area contributed by atoms with Crippen molar-refractivity contribution >= 4 is 34.1 Å².